The van der Waals surface area contributed by atoms with Gasteiger partial charge in [-0.3, -0.25) is 4.31 Å². The van der Waals surface area contributed by atoms with Gasteiger partial charge in [-0.1, -0.05) is 36.7 Å². The second-order valence-electron chi connectivity index (χ2n) is 10.3. The number of halogens is 2. The Labute approximate surface area is 232 Å². The van der Waals surface area contributed by atoms with Gasteiger partial charge in [0, 0.05) is 12.0 Å². The molecule has 0 radical (unpaired) electrons. The molecule has 39 heavy (non-hydrogen) atoms. The average molecular weight is 574 g/mol. The summed E-state index contributed by atoms with van der Waals surface area (Å²) in [7, 11) is -3.05. The highest BCUT2D eigenvalue weighted by Crippen LogP contribution is 2.42. The van der Waals surface area contributed by atoms with Crippen LogP contribution in [0.15, 0.2) is 59.5 Å². The maximum atomic E-state index is 15.1. The Morgan fingerprint density at radius 2 is 1.79 bits per heavy atom. The number of benzene rings is 3. The number of anilines is 1. The molecule has 0 N–H and O–H groups in total. The van der Waals surface area contributed by atoms with Crippen molar-refractivity contribution in [2.24, 2.45) is 5.41 Å². The Balaban J connectivity index is 1.55. The Bertz CT molecular complexity index is 1500. The predicted octanol–water partition coefficient (Wildman–Crippen LogP) is 5.57. The molecule has 1 fully saturated rings. The van der Waals surface area contributed by atoms with E-state index in [0.29, 0.717) is 30.2 Å². The first-order valence-electron chi connectivity index (χ1n) is 12.6. The van der Waals surface area contributed by atoms with Crippen LogP contribution < -0.4 is 9.04 Å². The molecule has 0 spiro atoms. The molecule has 206 valence electrons. The first-order chi connectivity index (χ1) is 18.6. The van der Waals surface area contributed by atoms with Gasteiger partial charge in [0.25, 0.3) is 10.0 Å². The number of aryl methyl sites for hydroxylation is 2. The van der Waals surface area contributed by atoms with E-state index in [4.69, 9.17) is 25.8 Å². The zero-order valence-corrected chi connectivity index (χ0v) is 23.3. The molecule has 2 aliphatic rings. The molecule has 3 aromatic rings. The van der Waals surface area contributed by atoms with Crippen LogP contribution in [0.3, 0.4) is 0 Å². The number of hydrogen-bond donors (Lipinski definition) is 0. The fraction of sp³-hybridized carbons (Fsp3) is 0.345. The van der Waals surface area contributed by atoms with Gasteiger partial charge in [0.2, 0.25) is 0 Å². The SMILES string of the molecule is COC(=O)c1ccc(COc2cc3c(cc2N(CC2(C)COC2)S(=O)(=O)c2cccc(Cl)c2F)CCC3)cc1. The first kappa shape index (κ1) is 27.4. The summed E-state index contributed by atoms with van der Waals surface area (Å²) < 4.78 is 60.8. The normalized spacial score (nSPS) is 15.8. The molecule has 1 saturated heterocycles. The Hall–Kier alpha value is -3.14. The van der Waals surface area contributed by atoms with Crippen molar-refractivity contribution in [1.29, 1.82) is 0 Å². The number of nitrogens with zero attached hydrogens (tertiary/aromatic N) is 1. The molecule has 0 atom stereocenters. The summed E-state index contributed by atoms with van der Waals surface area (Å²) in [6.07, 6.45) is 2.63. The molecule has 0 unspecified atom stereocenters. The van der Waals surface area contributed by atoms with Crippen LogP contribution in [0.25, 0.3) is 0 Å². The van der Waals surface area contributed by atoms with Crippen LogP contribution in [0.1, 0.15) is 40.4 Å². The quantitative estimate of drug-likeness (QED) is 0.312. The Morgan fingerprint density at radius 1 is 1.10 bits per heavy atom. The van der Waals surface area contributed by atoms with Gasteiger partial charge in [-0.15, -0.1) is 0 Å². The highest BCUT2D eigenvalue weighted by molar-refractivity contribution is 7.92. The fourth-order valence-corrected chi connectivity index (χ4v) is 6.84. The van der Waals surface area contributed by atoms with E-state index in [-0.39, 0.29) is 18.2 Å². The van der Waals surface area contributed by atoms with Crippen molar-refractivity contribution in [2.45, 2.75) is 37.7 Å². The molecule has 0 amide bonds. The lowest BCUT2D eigenvalue weighted by Crippen LogP contribution is -2.50. The molecule has 1 aliphatic heterocycles. The highest BCUT2D eigenvalue weighted by Gasteiger charge is 2.41. The van der Waals surface area contributed by atoms with Crippen molar-refractivity contribution in [3.63, 3.8) is 0 Å². The van der Waals surface area contributed by atoms with Crippen molar-refractivity contribution in [2.75, 3.05) is 31.2 Å². The van der Waals surface area contributed by atoms with Gasteiger partial charge in [0.05, 0.1) is 36.6 Å². The number of fused-ring (bicyclic) bond motifs is 1. The van der Waals surface area contributed by atoms with E-state index in [2.05, 4.69) is 0 Å². The summed E-state index contributed by atoms with van der Waals surface area (Å²) in [6, 6.07) is 14.5. The van der Waals surface area contributed by atoms with Gasteiger partial charge >= 0.3 is 5.97 Å². The predicted molar refractivity (Wildman–Crippen MR) is 145 cm³/mol. The van der Waals surface area contributed by atoms with E-state index in [0.717, 1.165) is 36.0 Å². The summed E-state index contributed by atoms with van der Waals surface area (Å²) in [5.74, 6) is -1.05. The Kier molecular flexibility index (Phi) is 7.59. The van der Waals surface area contributed by atoms with Gasteiger partial charge in [-0.2, -0.15) is 0 Å². The molecular weight excluding hydrogens is 545 g/mol. The minimum absolute atomic E-state index is 0.0737. The lowest BCUT2D eigenvalue weighted by atomic mass is 9.88. The second-order valence-corrected chi connectivity index (χ2v) is 12.5. The van der Waals surface area contributed by atoms with Gasteiger partial charge < -0.3 is 14.2 Å². The van der Waals surface area contributed by atoms with Crippen LogP contribution in [0, 0.1) is 11.2 Å². The first-order valence-corrected chi connectivity index (χ1v) is 14.4. The maximum Gasteiger partial charge on any atom is 0.337 e. The smallest absolute Gasteiger partial charge is 0.337 e. The van der Waals surface area contributed by atoms with Gasteiger partial charge in [-0.05, 0) is 72.4 Å². The number of ether oxygens (including phenoxy) is 3. The molecular formula is C29H29ClFNO6S. The van der Waals surface area contributed by atoms with Crippen molar-refractivity contribution >= 4 is 33.3 Å². The molecule has 0 saturated carbocycles. The number of hydrogen-bond acceptors (Lipinski definition) is 6. The number of esters is 1. The lowest BCUT2D eigenvalue weighted by molar-refractivity contribution is -0.0941. The van der Waals surface area contributed by atoms with Crippen molar-refractivity contribution < 1.29 is 31.8 Å². The zero-order valence-electron chi connectivity index (χ0n) is 21.7. The topological polar surface area (TPSA) is 82.1 Å². The Morgan fingerprint density at radius 3 is 2.44 bits per heavy atom. The summed E-state index contributed by atoms with van der Waals surface area (Å²) in [6.45, 7) is 2.90. The van der Waals surface area contributed by atoms with E-state index in [9.17, 15) is 13.2 Å². The third-order valence-electron chi connectivity index (χ3n) is 7.12. The number of carbonyl (C=O) groups is 1. The van der Waals surface area contributed by atoms with E-state index in [1.165, 1.54) is 29.6 Å². The van der Waals surface area contributed by atoms with Gasteiger partial charge in [0.1, 0.15) is 17.3 Å². The number of methoxy groups -OCH3 is 1. The molecule has 0 bridgehead atoms. The van der Waals surface area contributed by atoms with Crippen molar-refractivity contribution in [3.8, 4) is 5.75 Å². The highest BCUT2D eigenvalue weighted by atomic mass is 35.5. The third-order valence-corrected chi connectivity index (χ3v) is 9.19. The summed E-state index contributed by atoms with van der Waals surface area (Å²) >= 11 is 5.98. The minimum Gasteiger partial charge on any atom is -0.487 e. The van der Waals surface area contributed by atoms with E-state index in [1.807, 2.05) is 19.1 Å². The number of sulfonamides is 1. The summed E-state index contributed by atoms with van der Waals surface area (Å²) in [5.41, 5.74) is 3.22. The molecule has 0 aromatic heterocycles. The largest absolute Gasteiger partial charge is 0.487 e. The fourth-order valence-electron chi connectivity index (χ4n) is 4.91. The standard InChI is InChI=1S/C29H29ClFNO6S/c1-29(17-37-18-29)16-32(39(34,35)26-8-4-7-23(30)27(26)31)24-13-21-5-3-6-22(21)14-25(24)38-15-19-9-11-20(12-10-19)28(33)36-2/h4,7-14H,3,5-6,15-18H2,1-2H3. The summed E-state index contributed by atoms with van der Waals surface area (Å²) in [4.78, 5) is 11.3. The molecule has 5 rings (SSSR count). The lowest BCUT2D eigenvalue weighted by Gasteiger charge is -2.42. The molecule has 10 heteroatoms. The van der Waals surface area contributed by atoms with Gasteiger partial charge in [0.15, 0.2) is 5.82 Å². The molecule has 1 heterocycles. The summed E-state index contributed by atoms with van der Waals surface area (Å²) in [5, 5.41) is -0.268. The maximum absolute atomic E-state index is 15.1. The number of rotatable bonds is 9. The van der Waals surface area contributed by atoms with Crippen molar-refractivity contribution in [3.05, 3.63) is 87.7 Å². The van der Waals surface area contributed by atoms with E-state index >= 15 is 4.39 Å². The van der Waals surface area contributed by atoms with Crippen LogP contribution in [0.2, 0.25) is 5.02 Å². The van der Waals surface area contributed by atoms with Crippen LogP contribution in [0.5, 0.6) is 5.75 Å². The molecule has 7 nitrogen and oxygen atoms in total. The van der Waals surface area contributed by atoms with Crippen molar-refractivity contribution in [1.82, 2.24) is 0 Å². The van der Waals surface area contributed by atoms with E-state index < -0.39 is 32.1 Å². The minimum atomic E-state index is -4.37. The van der Waals surface area contributed by atoms with E-state index in [1.54, 1.807) is 24.3 Å². The average Bonchev–Trinajstić information content (AvgIpc) is 3.37. The molecule has 3 aromatic carbocycles. The monoisotopic (exact) mass is 573 g/mol. The zero-order chi connectivity index (χ0) is 27.8. The van der Waals surface area contributed by atoms with Crippen LogP contribution in [-0.4, -0.2) is 41.3 Å². The third kappa shape index (κ3) is 5.48. The van der Waals surface area contributed by atoms with Crippen LogP contribution >= 0.6 is 11.6 Å². The van der Waals surface area contributed by atoms with Gasteiger partial charge in [-0.25, -0.2) is 17.6 Å². The number of carbonyl (C=O) groups excluding carboxylic acids is 1. The van der Waals surface area contributed by atoms with Crippen LogP contribution in [-0.2, 0) is 38.9 Å². The van der Waals surface area contributed by atoms with Crippen LogP contribution in [0.4, 0.5) is 10.1 Å². The second kappa shape index (κ2) is 10.8. The molecule has 1 aliphatic carbocycles.